The largest absolute Gasteiger partial charge is 0.385 e. The van der Waals surface area contributed by atoms with Gasteiger partial charge < -0.3 is 10.2 Å². The number of unbranched alkanes of at least 4 members (excludes halogenated alkanes) is 5. The molecule has 2 nitrogen and oxygen atoms in total. The molecule has 0 amide bonds. The summed E-state index contributed by atoms with van der Waals surface area (Å²) in [5.41, 5.74) is 3.87. The molecule has 0 aromatic heterocycles. The Morgan fingerprint density at radius 1 is 1.00 bits per heavy atom. The number of hydrogen-bond donors (Lipinski definition) is 1. The highest BCUT2D eigenvalue weighted by atomic mass is 15.1. The maximum Gasteiger partial charge on any atom is 0.0411 e. The lowest BCUT2D eigenvalue weighted by Crippen LogP contribution is -2.11. The molecule has 0 fully saturated rings. The SMILES string of the molecule is CCCCCCCCNc1ccc(C)c(N(C)C)c1. The first-order valence-corrected chi connectivity index (χ1v) is 7.67. The zero-order valence-electron chi connectivity index (χ0n) is 13.1. The van der Waals surface area contributed by atoms with Crippen molar-refractivity contribution in [3.63, 3.8) is 0 Å². The van der Waals surface area contributed by atoms with E-state index < -0.39 is 0 Å². The van der Waals surface area contributed by atoms with E-state index in [1.807, 2.05) is 0 Å². The fourth-order valence-corrected chi connectivity index (χ4v) is 2.34. The second-order valence-electron chi connectivity index (χ2n) is 5.59. The molecule has 1 aromatic rings. The van der Waals surface area contributed by atoms with Crippen LogP contribution in [0, 0.1) is 6.92 Å². The molecule has 0 aliphatic heterocycles. The van der Waals surface area contributed by atoms with Crippen molar-refractivity contribution in [1.82, 2.24) is 0 Å². The Hall–Kier alpha value is -1.18. The van der Waals surface area contributed by atoms with Crippen LogP contribution in [0.2, 0.25) is 0 Å². The quantitative estimate of drug-likeness (QED) is 0.641. The van der Waals surface area contributed by atoms with E-state index in [2.05, 4.69) is 56.4 Å². The van der Waals surface area contributed by atoms with Crippen LogP contribution in [0.3, 0.4) is 0 Å². The number of benzene rings is 1. The van der Waals surface area contributed by atoms with E-state index in [0.29, 0.717) is 0 Å². The molecule has 1 aromatic carbocycles. The molecule has 0 aliphatic rings. The monoisotopic (exact) mass is 262 g/mol. The van der Waals surface area contributed by atoms with Crippen molar-refractivity contribution < 1.29 is 0 Å². The second-order valence-corrected chi connectivity index (χ2v) is 5.59. The Balaban J connectivity index is 2.28. The first-order chi connectivity index (χ1) is 9.15. The molecule has 0 aliphatic carbocycles. The van der Waals surface area contributed by atoms with Gasteiger partial charge in [-0.05, 0) is 31.0 Å². The average Bonchev–Trinajstić information content (AvgIpc) is 2.39. The molecule has 0 unspecified atom stereocenters. The topological polar surface area (TPSA) is 15.3 Å². The van der Waals surface area contributed by atoms with E-state index in [0.717, 1.165) is 6.54 Å². The van der Waals surface area contributed by atoms with Gasteiger partial charge >= 0.3 is 0 Å². The van der Waals surface area contributed by atoms with Crippen LogP contribution < -0.4 is 10.2 Å². The maximum atomic E-state index is 3.53. The molecule has 0 spiro atoms. The van der Waals surface area contributed by atoms with Gasteiger partial charge in [-0.25, -0.2) is 0 Å². The van der Waals surface area contributed by atoms with Crippen molar-refractivity contribution in [3.05, 3.63) is 23.8 Å². The molecule has 108 valence electrons. The zero-order chi connectivity index (χ0) is 14.1. The number of nitrogens with one attached hydrogen (secondary N) is 1. The van der Waals surface area contributed by atoms with Gasteiger partial charge in [0, 0.05) is 32.0 Å². The number of nitrogens with zero attached hydrogens (tertiary/aromatic N) is 1. The standard InChI is InChI=1S/C17H30N2/c1-5-6-7-8-9-10-13-18-16-12-11-15(2)17(14-16)19(3)4/h11-12,14,18H,5-10,13H2,1-4H3. The van der Waals surface area contributed by atoms with Crippen LogP contribution in [-0.4, -0.2) is 20.6 Å². The Morgan fingerprint density at radius 2 is 1.68 bits per heavy atom. The van der Waals surface area contributed by atoms with Crippen LogP contribution >= 0.6 is 0 Å². The summed E-state index contributed by atoms with van der Waals surface area (Å²) in [7, 11) is 4.19. The van der Waals surface area contributed by atoms with E-state index in [9.17, 15) is 0 Å². The van der Waals surface area contributed by atoms with Gasteiger partial charge in [0.2, 0.25) is 0 Å². The minimum atomic E-state index is 1.09. The Kier molecular flexibility index (Phi) is 7.39. The van der Waals surface area contributed by atoms with Crippen LogP contribution in [0.5, 0.6) is 0 Å². The van der Waals surface area contributed by atoms with Crippen LogP contribution in [0.4, 0.5) is 11.4 Å². The van der Waals surface area contributed by atoms with Crippen LogP contribution in [-0.2, 0) is 0 Å². The lowest BCUT2D eigenvalue weighted by Gasteiger charge is -2.17. The van der Waals surface area contributed by atoms with E-state index in [1.165, 1.54) is 55.5 Å². The Labute approximate surface area is 119 Å². The summed E-state index contributed by atoms with van der Waals surface area (Å²) in [5, 5.41) is 3.53. The Morgan fingerprint density at radius 3 is 2.37 bits per heavy atom. The fourth-order valence-electron chi connectivity index (χ4n) is 2.34. The van der Waals surface area contributed by atoms with Crippen LogP contribution in [0.25, 0.3) is 0 Å². The van der Waals surface area contributed by atoms with Crippen molar-refractivity contribution in [2.45, 2.75) is 52.4 Å². The predicted molar refractivity (Wildman–Crippen MR) is 87.4 cm³/mol. The third-order valence-electron chi connectivity index (χ3n) is 3.55. The first kappa shape index (κ1) is 15.9. The van der Waals surface area contributed by atoms with Gasteiger partial charge in [-0.1, -0.05) is 45.1 Å². The molecule has 0 saturated carbocycles. The molecule has 0 atom stereocenters. The molecule has 1 rings (SSSR count). The Bertz CT molecular complexity index is 358. The van der Waals surface area contributed by atoms with E-state index >= 15 is 0 Å². The van der Waals surface area contributed by atoms with Gasteiger partial charge in [0.1, 0.15) is 0 Å². The highest BCUT2D eigenvalue weighted by Crippen LogP contribution is 2.22. The smallest absolute Gasteiger partial charge is 0.0411 e. The lowest BCUT2D eigenvalue weighted by atomic mass is 10.1. The predicted octanol–water partition coefficient (Wildman–Crippen LogP) is 4.83. The van der Waals surface area contributed by atoms with Crippen molar-refractivity contribution in [1.29, 1.82) is 0 Å². The van der Waals surface area contributed by atoms with Crippen LogP contribution in [0.1, 0.15) is 51.0 Å². The number of aryl methyl sites for hydroxylation is 1. The molecule has 2 heteroatoms. The zero-order valence-corrected chi connectivity index (χ0v) is 13.1. The summed E-state index contributed by atoms with van der Waals surface area (Å²) in [6.07, 6.45) is 8.11. The number of rotatable bonds is 9. The molecule has 1 N–H and O–H groups in total. The first-order valence-electron chi connectivity index (χ1n) is 7.67. The fraction of sp³-hybridized carbons (Fsp3) is 0.647. The average molecular weight is 262 g/mol. The van der Waals surface area contributed by atoms with Gasteiger partial charge in [-0.15, -0.1) is 0 Å². The van der Waals surface area contributed by atoms with Crippen molar-refractivity contribution in [3.8, 4) is 0 Å². The summed E-state index contributed by atoms with van der Waals surface area (Å²) >= 11 is 0. The maximum absolute atomic E-state index is 3.53. The minimum Gasteiger partial charge on any atom is -0.385 e. The number of hydrogen-bond acceptors (Lipinski definition) is 2. The van der Waals surface area contributed by atoms with Crippen molar-refractivity contribution in [2.24, 2.45) is 0 Å². The number of anilines is 2. The second kappa shape index (κ2) is 8.84. The van der Waals surface area contributed by atoms with Gasteiger partial charge in [0.05, 0.1) is 0 Å². The summed E-state index contributed by atoms with van der Waals surface area (Å²) in [4.78, 5) is 2.17. The molecule has 0 heterocycles. The van der Waals surface area contributed by atoms with Crippen LogP contribution in [0.15, 0.2) is 18.2 Å². The molecular formula is C17H30N2. The molecule has 0 saturated heterocycles. The third kappa shape index (κ3) is 6.00. The third-order valence-corrected chi connectivity index (χ3v) is 3.55. The molecule has 0 bridgehead atoms. The lowest BCUT2D eigenvalue weighted by molar-refractivity contribution is 0.617. The van der Waals surface area contributed by atoms with Gasteiger partial charge in [0.25, 0.3) is 0 Å². The summed E-state index contributed by atoms with van der Waals surface area (Å²) in [6.45, 7) is 5.51. The van der Waals surface area contributed by atoms with E-state index in [4.69, 9.17) is 0 Å². The van der Waals surface area contributed by atoms with Crippen molar-refractivity contribution >= 4 is 11.4 Å². The van der Waals surface area contributed by atoms with Gasteiger partial charge in [-0.2, -0.15) is 0 Å². The summed E-state index contributed by atoms with van der Waals surface area (Å²) < 4.78 is 0. The summed E-state index contributed by atoms with van der Waals surface area (Å²) in [6, 6.07) is 6.62. The molecule has 0 radical (unpaired) electrons. The van der Waals surface area contributed by atoms with Crippen molar-refractivity contribution in [2.75, 3.05) is 30.9 Å². The normalized spacial score (nSPS) is 10.5. The summed E-state index contributed by atoms with van der Waals surface area (Å²) in [5.74, 6) is 0. The van der Waals surface area contributed by atoms with Gasteiger partial charge in [-0.3, -0.25) is 0 Å². The minimum absolute atomic E-state index is 1.09. The molecular weight excluding hydrogens is 232 g/mol. The van der Waals surface area contributed by atoms with Gasteiger partial charge in [0.15, 0.2) is 0 Å². The highest BCUT2D eigenvalue weighted by Gasteiger charge is 2.01. The van der Waals surface area contributed by atoms with E-state index in [1.54, 1.807) is 0 Å². The molecule has 19 heavy (non-hydrogen) atoms. The van der Waals surface area contributed by atoms with E-state index in [-0.39, 0.29) is 0 Å². The highest BCUT2D eigenvalue weighted by molar-refractivity contribution is 5.61.